The normalized spacial score (nSPS) is 15.4. The van der Waals surface area contributed by atoms with Gasteiger partial charge in [0.1, 0.15) is 0 Å². The predicted octanol–water partition coefficient (Wildman–Crippen LogP) is 4.53. The lowest BCUT2D eigenvalue weighted by Crippen LogP contribution is -2.35. The van der Waals surface area contributed by atoms with Gasteiger partial charge >= 0.3 is 0 Å². The number of rotatable bonds is 6. The summed E-state index contributed by atoms with van der Waals surface area (Å²) in [7, 11) is 0. The van der Waals surface area contributed by atoms with Crippen molar-refractivity contribution in [1.82, 2.24) is 9.97 Å². The first kappa shape index (κ1) is 19.1. The molecule has 0 unspecified atom stereocenters. The Morgan fingerprint density at radius 1 is 1.03 bits per heavy atom. The maximum Gasteiger partial charge on any atom is 0.232 e. The highest BCUT2D eigenvalue weighted by atomic mass is 16.5. The van der Waals surface area contributed by atoms with Crippen LogP contribution in [-0.2, 0) is 10.2 Å². The second-order valence-electron chi connectivity index (χ2n) is 7.29. The third kappa shape index (κ3) is 4.44. The van der Waals surface area contributed by atoms with Gasteiger partial charge in [-0.1, -0.05) is 42.5 Å². The van der Waals surface area contributed by atoms with Gasteiger partial charge in [-0.05, 0) is 37.0 Å². The molecule has 0 bridgehead atoms. The molecule has 3 aromatic rings. The van der Waals surface area contributed by atoms with Crippen molar-refractivity contribution in [2.75, 3.05) is 19.8 Å². The molecule has 1 aromatic heterocycles. The summed E-state index contributed by atoms with van der Waals surface area (Å²) in [6.45, 7) is 2.12. The van der Waals surface area contributed by atoms with E-state index in [1.165, 1.54) is 5.56 Å². The van der Waals surface area contributed by atoms with Crippen molar-refractivity contribution < 1.29 is 9.47 Å². The summed E-state index contributed by atoms with van der Waals surface area (Å²) >= 11 is 0. The zero-order valence-corrected chi connectivity index (χ0v) is 16.3. The number of nitrogens with zero attached hydrogens (tertiary/aromatic N) is 3. The van der Waals surface area contributed by atoms with Crippen molar-refractivity contribution in [2.45, 2.75) is 24.7 Å². The van der Waals surface area contributed by atoms with Crippen LogP contribution in [0.25, 0.3) is 11.3 Å². The molecule has 5 nitrogen and oxygen atoms in total. The van der Waals surface area contributed by atoms with E-state index in [1.807, 2.05) is 12.1 Å². The third-order valence-electron chi connectivity index (χ3n) is 5.57. The Morgan fingerprint density at radius 3 is 2.66 bits per heavy atom. The van der Waals surface area contributed by atoms with Gasteiger partial charge in [-0.15, -0.1) is 0 Å². The monoisotopic (exact) mass is 385 g/mol. The fourth-order valence-corrected chi connectivity index (χ4v) is 3.89. The standard InChI is InChI=1S/C24H23N3O2/c25-16-19-5-4-6-20(15-19)22-17-26-18-23(27-22)29-14-11-24(9-12-28-13-10-24)21-7-2-1-3-8-21/h1-8,15,17-18H,9-14H2. The summed E-state index contributed by atoms with van der Waals surface area (Å²) in [6, 6.07) is 20.1. The van der Waals surface area contributed by atoms with Crippen LogP contribution in [0.4, 0.5) is 0 Å². The predicted molar refractivity (Wildman–Crippen MR) is 110 cm³/mol. The van der Waals surface area contributed by atoms with E-state index in [4.69, 9.17) is 14.7 Å². The Balaban J connectivity index is 1.47. The summed E-state index contributed by atoms with van der Waals surface area (Å²) in [6.07, 6.45) is 6.21. The minimum Gasteiger partial charge on any atom is -0.477 e. The van der Waals surface area contributed by atoms with Crippen LogP contribution in [0.1, 0.15) is 30.4 Å². The van der Waals surface area contributed by atoms with Gasteiger partial charge in [0, 0.05) is 24.2 Å². The molecule has 0 atom stereocenters. The lowest BCUT2D eigenvalue weighted by Gasteiger charge is -2.37. The van der Waals surface area contributed by atoms with E-state index in [0.29, 0.717) is 23.7 Å². The molecule has 0 N–H and O–H groups in total. The van der Waals surface area contributed by atoms with Gasteiger partial charge < -0.3 is 9.47 Å². The van der Waals surface area contributed by atoms with Gasteiger partial charge in [0.15, 0.2) is 0 Å². The Hall–Kier alpha value is -3.23. The van der Waals surface area contributed by atoms with E-state index >= 15 is 0 Å². The van der Waals surface area contributed by atoms with Crippen LogP contribution in [0, 0.1) is 11.3 Å². The lowest BCUT2D eigenvalue weighted by molar-refractivity contribution is 0.0412. The lowest BCUT2D eigenvalue weighted by atomic mass is 9.72. The summed E-state index contributed by atoms with van der Waals surface area (Å²) in [5.74, 6) is 0.500. The Labute approximate surface area is 171 Å². The minimum atomic E-state index is 0.0751. The Kier molecular flexibility index (Phi) is 5.83. The summed E-state index contributed by atoms with van der Waals surface area (Å²) in [5.41, 5.74) is 3.57. The Bertz CT molecular complexity index is 992. The second-order valence-corrected chi connectivity index (χ2v) is 7.29. The van der Waals surface area contributed by atoms with Crippen molar-refractivity contribution in [3.05, 3.63) is 78.1 Å². The molecule has 146 valence electrons. The first-order valence-electron chi connectivity index (χ1n) is 9.88. The topological polar surface area (TPSA) is 68.0 Å². The van der Waals surface area contributed by atoms with E-state index < -0.39 is 0 Å². The van der Waals surface area contributed by atoms with E-state index in [2.05, 4.69) is 46.4 Å². The zero-order valence-electron chi connectivity index (χ0n) is 16.3. The van der Waals surface area contributed by atoms with Crippen LogP contribution < -0.4 is 4.74 Å². The quantitative estimate of drug-likeness (QED) is 0.623. The number of nitriles is 1. The number of hydrogen-bond donors (Lipinski definition) is 0. The second kappa shape index (κ2) is 8.85. The van der Waals surface area contributed by atoms with Crippen molar-refractivity contribution in [1.29, 1.82) is 5.26 Å². The molecule has 29 heavy (non-hydrogen) atoms. The first-order chi connectivity index (χ1) is 14.3. The van der Waals surface area contributed by atoms with Gasteiger partial charge in [0.2, 0.25) is 5.88 Å². The van der Waals surface area contributed by atoms with E-state index in [0.717, 1.165) is 38.0 Å². The molecule has 2 aromatic carbocycles. The molecule has 1 aliphatic rings. The highest BCUT2D eigenvalue weighted by Gasteiger charge is 2.34. The molecule has 1 saturated heterocycles. The fraction of sp³-hybridized carbons (Fsp3) is 0.292. The maximum atomic E-state index is 9.10. The summed E-state index contributed by atoms with van der Waals surface area (Å²) < 4.78 is 11.6. The van der Waals surface area contributed by atoms with Crippen LogP contribution in [0.2, 0.25) is 0 Å². The van der Waals surface area contributed by atoms with E-state index in [9.17, 15) is 0 Å². The van der Waals surface area contributed by atoms with E-state index in [1.54, 1.807) is 24.5 Å². The molecule has 0 amide bonds. The SMILES string of the molecule is N#Cc1cccc(-c2cncc(OCCC3(c4ccccc4)CCOCC3)n2)c1. The van der Waals surface area contributed by atoms with E-state index in [-0.39, 0.29) is 5.41 Å². The number of ether oxygens (including phenoxy) is 2. The zero-order chi connectivity index (χ0) is 19.9. The number of hydrogen-bond acceptors (Lipinski definition) is 5. The number of benzene rings is 2. The van der Waals surface area contributed by atoms with Crippen LogP contribution in [0.15, 0.2) is 67.0 Å². The highest BCUT2D eigenvalue weighted by molar-refractivity contribution is 5.60. The molecule has 5 heteroatoms. The number of aromatic nitrogens is 2. The highest BCUT2D eigenvalue weighted by Crippen LogP contribution is 2.38. The molecule has 1 aliphatic heterocycles. The van der Waals surface area contributed by atoms with Crippen molar-refractivity contribution in [2.24, 2.45) is 0 Å². The van der Waals surface area contributed by atoms with Gasteiger partial charge in [-0.3, -0.25) is 4.98 Å². The largest absolute Gasteiger partial charge is 0.477 e. The first-order valence-corrected chi connectivity index (χ1v) is 9.88. The van der Waals surface area contributed by atoms with Crippen LogP contribution in [-0.4, -0.2) is 29.8 Å². The van der Waals surface area contributed by atoms with Gasteiger partial charge in [0.05, 0.1) is 36.3 Å². The fourth-order valence-electron chi connectivity index (χ4n) is 3.89. The van der Waals surface area contributed by atoms with Gasteiger partial charge in [-0.2, -0.15) is 5.26 Å². The molecule has 0 radical (unpaired) electrons. The van der Waals surface area contributed by atoms with Crippen molar-refractivity contribution >= 4 is 0 Å². The molecular weight excluding hydrogens is 362 g/mol. The maximum absolute atomic E-state index is 9.10. The molecule has 0 aliphatic carbocycles. The minimum absolute atomic E-state index is 0.0751. The van der Waals surface area contributed by atoms with Crippen molar-refractivity contribution in [3.8, 4) is 23.2 Å². The molecule has 4 rings (SSSR count). The molecule has 2 heterocycles. The summed E-state index contributed by atoms with van der Waals surface area (Å²) in [5, 5.41) is 9.10. The molecule has 1 fully saturated rings. The van der Waals surface area contributed by atoms with Crippen LogP contribution in [0.5, 0.6) is 5.88 Å². The van der Waals surface area contributed by atoms with Gasteiger partial charge in [0.25, 0.3) is 0 Å². The van der Waals surface area contributed by atoms with Crippen molar-refractivity contribution in [3.63, 3.8) is 0 Å². The molecule has 0 spiro atoms. The Morgan fingerprint density at radius 2 is 1.86 bits per heavy atom. The average molecular weight is 385 g/mol. The molecular formula is C24H23N3O2. The summed E-state index contributed by atoms with van der Waals surface area (Å²) in [4.78, 5) is 8.84. The average Bonchev–Trinajstić information content (AvgIpc) is 2.80. The third-order valence-corrected chi connectivity index (χ3v) is 5.57. The smallest absolute Gasteiger partial charge is 0.232 e. The van der Waals surface area contributed by atoms with Crippen LogP contribution in [0.3, 0.4) is 0 Å². The van der Waals surface area contributed by atoms with Crippen LogP contribution >= 0.6 is 0 Å². The van der Waals surface area contributed by atoms with Gasteiger partial charge in [-0.25, -0.2) is 4.98 Å². The molecule has 0 saturated carbocycles.